The summed E-state index contributed by atoms with van der Waals surface area (Å²) >= 11 is 13.6. The number of hydrogen-bond acceptors (Lipinski definition) is 11. The molecule has 0 radical (unpaired) electrons. The number of aliphatic hydroxyl groups excluding tert-OH is 1. The number of hydrogen-bond donors (Lipinski definition) is 2. The number of aliphatic hydroxyl groups is 1. The number of pyridine rings is 2. The number of rotatable bonds is 19. The second-order valence-electron chi connectivity index (χ2n) is 16.5. The molecule has 2 aliphatic rings. The van der Waals surface area contributed by atoms with Gasteiger partial charge >= 0.3 is 5.97 Å². The molecule has 1 atom stereocenters. The van der Waals surface area contributed by atoms with E-state index in [2.05, 4.69) is 45.9 Å². The fraction of sp³-hybridized carbons (Fsp3) is 0.288. The van der Waals surface area contributed by atoms with Gasteiger partial charge in [-0.1, -0.05) is 66.0 Å². The highest BCUT2D eigenvalue weighted by molar-refractivity contribution is 6.32. The Labute approximate surface area is 394 Å². The van der Waals surface area contributed by atoms with Crippen LogP contribution in [0.2, 0.25) is 10.0 Å². The van der Waals surface area contributed by atoms with E-state index < -0.39 is 12.0 Å². The number of likely N-dealkylation sites (tertiary alicyclic amines) is 1. The standard InChI is InChI=1S/C52H51Cl2N5O7/c1-32-37(30-65-50-18-48(63-29-36-15-39(24-57-23-36)46-25-58-46)40(16-44(50)53)26-59-13-5-4-12-47(59)52(61)62)8-6-10-42(32)43-11-7-9-38(33(43)2)31-66-51-19-49(41(27-60)17-45(51)54)64-28-35-14-34(20-55-3)21-56-22-35/h6-11,14-24,47,60H,4-5,12-13,25-31H2,1-3H3,(H,61,62)/b55-20+/t47-/m0/s1. The van der Waals surface area contributed by atoms with Crippen LogP contribution in [0, 0.1) is 13.8 Å². The summed E-state index contributed by atoms with van der Waals surface area (Å²) in [5.74, 6) is 1.08. The predicted octanol–water partition coefficient (Wildman–Crippen LogP) is 10.2. The van der Waals surface area contributed by atoms with Crippen LogP contribution < -0.4 is 18.9 Å². The SMILES string of the molecule is C/N=C/c1cncc(COc2cc(OCc3cccc(-c4cccc(COc5cc(OCc6cncc(C7=NC7)c6)c(CN6CCCC[C@H]6C(=O)O)cc5Cl)c4C)c3C)c(Cl)cc2CO)c1. The van der Waals surface area contributed by atoms with Crippen LogP contribution in [0.3, 0.4) is 0 Å². The van der Waals surface area contributed by atoms with E-state index in [-0.39, 0.29) is 33.0 Å². The zero-order chi connectivity index (χ0) is 46.2. The first-order chi connectivity index (χ1) is 32.1. The first-order valence-corrected chi connectivity index (χ1v) is 22.6. The van der Waals surface area contributed by atoms with Crippen molar-refractivity contribution in [2.75, 3.05) is 20.1 Å². The molecule has 8 rings (SSSR count). The van der Waals surface area contributed by atoms with E-state index >= 15 is 0 Å². The Kier molecular flexibility index (Phi) is 14.9. The molecule has 2 N–H and O–H groups in total. The largest absolute Gasteiger partial charge is 0.488 e. The van der Waals surface area contributed by atoms with Crippen LogP contribution in [-0.4, -0.2) is 69.2 Å². The molecule has 0 unspecified atom stereocenters. The molecule has 4 heterocycles. The smallest absolute Gasteiger partial charge is 0.320 e. The number of ether oxygens (including phenoxy) is 4. The Morgan fingerprint density at radius 2 is 1.32 bits per heavy atom. The van der Waals surface area contributed by atoms with Crippen LogP contribution in [0.1, 0.15) is 74.9 Å². The molecule has 0 amide bonds. The Balaban J connectivity index is 0.983. The molecule has 1 saturated heterocycles. The summed E-state index contributed by atoms with van der Waals surface area (Å²) in [6.07, 6.45) is 11.1. The molecule has 14 heteroatoms. The molecule has 2 aliphatic heterocycles. The summed E-state index contributed by atoms with van der Waals surface area (Å²) in [5, 5.41) is 20.9. The number of piperidine rings is 1. The van der Waals surface area contributed by atoms with E-state index in [4.69, 9.17) is 42.1 Å². The monoisotopic (exact) mass is 927 g/mol. The minimum Gasteiger partial charge on any atom is -0.488 e. The third-order valence-corrected chi connectivity index (χ3v) is 12.5. The maximum atomic E-state index is 12.2. The second-order valence-corrected chi connectivity index (χ2v) is 17.3. The van der Waals surface area contributed by atoms with Crippen LogP contribution in [0.4, 0.5) is 0 Å². The molecule has 66 heavy (non-hydrogen) atoms. The average molecular weight is 929 g/mol. The van der Waals surface area contributed by atoms with Gasteiger partial charge in [-0.25, -0.2) is 0 Å². The number of benzene rings is 4. The van der Waals surface area contributed by atoms with Crippen molar-refractivity contribution in [1.82, 2.24) is 14.9 Å². The highest BCUT2D eigenvalue weighted by atomic mass is 35.5. The molecule has 340 valence electrons. The van der Waals surface area contributed by atoms with Crippen molar-refractivity contribution >= 4 is 41.1 Å². The van der Waals surface area contributed by atoms with Crippen LogP contribution in [0.5, 0.6) is 23.0 Å². The molecule has 12 nitrogen and oxygen atoms in total. The van der Waals surface area contributed by atoms with Crippen molar-refractivity contribution in [1.29, 1.82) is 0 Å². The van der Waals surface area contributed by atoms with E-state index in [1.165, 1.54) is 0 Å². The number of carbonyl (C=O) groups is 1. The molecule has 2 aromatic heterocycles. The van der Waals surface area contributed by atoms with Gasteiger partial charge in [0.05, 0.1) is 28.9 Å². The van der Waals surface area contributed by atoms with E-state index in [9.17, 15) is 15.0 Å². The first kappa shape index (κ1) is 46.2. The van der Waals surface area contributed by atoms with Gasteiger partial charge in [-0.05, 0) is 90.9 Å². The van der Waals surface area contributed by atoms with Gasteiger partial charge in [0, 0.05) is 90.1 Å². The van der Waals surface area contributed by atoms with Crippen LogP contribution >= 0.6 is 23.2 Å². The van der Waals surface area contributed by atoms with Crippen molar-refractivity contribution in [2.24, 2.45) is 9.98 Å². The molecule has 0 saturated carbocycles. The summed E-state index contributed by atoms with van der Waals surface area (Å²) in [4.78, 5) is 31.2. The zero-order valence-corrected chi connectivity index (χ0v) is 38.6. The molecule has 1 fully saturated rings. The number of nitrogens with zero attached hydrogens (tertiary/aromatic N) is 5. The molecule has 0 aliphatic carbocycles. The Hall–Kier alpha value is -6.31. The summed E-state index contributed by atoms with van der Waals surface area (Å²) in [6, 6.07) is 22.7. The lowest BCUT2D eigenvalue weighted by Crippen LogP contribution is -2.44. The minimum absolute atomic E-state index is 0.228. The molecular formula is C52H51Cl2N5O7. The maximum absolute atomic E-state index is 12.2. The van der Waals surface area contributed by atoms with Gasteiger partial charge in [0.15, 0.2) is 0 Å². The second kappa shape index (κ2) is 21.3. The van der Waals surface area contributed by atoms with E-state index in [1.54, 1.807) is 50.2 Å². The number of aliphatic carboxylic acids is 1. The van der Waals surface area contributed by atoms with Gasteiger partial charge in [0.1, 0.15) is 55.5 Å². The first-order valence-electron chi connectivity index (χ1n) is 21.8. The zero-order valence-electron chi connectivity index (χ0n) is 37.1. The fourth-order valence-electron chi connectivity index (χ4n) is 8.22. The number of carboxylic acid groups (broad SMARTS) is 1. The lowest BCUT2D eigenvalue weighted by Gasteiger charge is -2.33. The lowest BCUT2D eigenvalue weighted by atomic mass is 9.92. The maximum Gasteiger partial charge on any atom is 0.320 e. The van der Waals surface area contributed by atoms with Crippen molar-refractivity contribution in [3.8, 4) is 34.1 Å². The van der Waals surface area contributed by atoms with Gasteiger partial charge in [-0.2, -0.15) is 0 Å². The average Bonchev–Trinajstić information content (AvgIpc) is 4.18. The molecular weight excluding hydrogens is 878 g/mol. The highest BCUT2D eigenvalue weighted by Gasteiger charge is 2.29. The van der Waals surface area contributed by atoms with Crippen molar-refractivity contribution in [3.05, 3.63) is 163 Å². The summed E-state index contributed by atoms with van der Waals surface area (Å²) < 4.78 is 25.4. The molecule has 4 aromatic carbocycles. The van der Waals surface area contributed by atoms with E-state index in [1.807, 2.05) is 53.4 Å². The van der Waals surface area contributed by atoms with Crippen molar-refractivity contribution < 1.29 is 34.0 Å². The summed E-state index contributed by atoms with van der Waals surface area (Å²) in [6.45, 7) is 6.61. The number of aliphatic imine (C=N–C) groups is 2. The fourth-order valence-corrected chi connectivity index (χ4v) is 8.70. The van der Waals surface area contributed by atoms with Gasteiger partial charge in [-0.15, -0.1) is 0 Å². The van der Waals surface area contributed by atoms with Gasteiger partial charge < -0.3 is 29.2 Å². The van der Waals surface area contributed by atoms with Crippen molar-refractivity contribution in [2.45, 2.75) is 78.7 Å². The third-order valence-electron chi connectivity index (χ3n) is 11.9. The van der Waals surface area contributed by atoms with Gasteiger partial charge in [0.2, 0.25) is 0 Å². The number of carboxylic acids is 1. The summed E-state index contributed by atoms with van der Waals surface area (Å²) in [5.41, 5.74) is 12.1. The predicted molar refractivity (Wildman–Crippen MR) is 257 cm³/mol. The van der Waals surface area contributed by atoms with Crippen LogP contribution in [-0.2, 0) is 44.4 Å². The van der Waals surface area contributed by atoms with Crippen molar-refractivity contribution in [3.63, 3.8) is 0 Å². The topological polar surface area (TPSA) is 148 Å². The normalized spacial score (nSPS) is 14.8. The Bertz CT molecular complexity index is 2800. The molecule has 0 spiro atoms. The Morgan fingerprint density at radius 1 is 0.742 bits per heavy atom. The van der Waals surface area contributed by atoms with E-state index in [0.717, 1.165) is 86.3 Å². The quantitative estimate of drug-likeness (QED) is 0.0752. The van der Waals surface area contributed by atoms with E-state index in [0.29, 0.717) is 58.1 Å². The molecule has 6 aromatic rings. The molecule has 0 bridgehead atoms. The minimum atomic E-state index is -0.826. The Morgan fingerprint density at radius 3 is 1.91 bits per heavy atom. The van der Waals surface area contributed by atoms with Crippen LogP contribution in [0.25, 0.3) is 11.1 Å². The summed E-state index contributed by atoms with van der Waals surface area (Å²) in [7, 11) is 1.70. The van der Waals surface area contributed by atoms with Gasteiger partial charge in [-0.3, -0.25) is 29.6 Å². The third kappa shape index (κ3) is 11.2. The van der Waals surface area contributed by atoms with Gasteiger partial charge in [0.25, 0.3) is 0 Å². The highest BCUT2D eigenvalue weighted by Crippen LogP contribution is 2.38. The number of halogens is 2. The lowest BCUT2D eigenvalue weighted by molar-refractivity contribution is -0.144. The number of aromatic nitrogens is 2. The van der Waals surface area contributed by atoms with Crippen LogP contribution in [0.15, 0.2) is 108 Å².